The lowest BCUT2D eigenvalue weighted by atomic mass is 9.82. The van der Waals surface area contributed by atoms with Crippen LogP contribution in [0, 0.1) is 0 Å². The Bertz CT molecular complexity index is 10300. The fourth-order valence-electron chi connectivity index (χ4n) is 23.5. The van der Waals surface area contributed by atoms with Crippen molar-refractivity contribution < 1.29 is 13.3 Å². The van der Waals surface area contributed by atoms with Crippen LogP contribution in [0.15, 0.2) is 535 Å². The van der Waals surface area contributed by atoms with Gasteiger partial charge in [-0.25, -0.2) is 0 Å². The lowest BCUT2D eigenvalue weighted by Gasteiger charge is -2.21. The van der Waals surface area contributed by atoms with Crippen LogP contribution < -0.4 is 0 Å². The highest BCUT2D eigenvalue weighted by atomic mass is 16.3. The summed E-state index contributed by atoms with van der Waals surface area (Å²) in [6.07, 6.45) is 0. The molecule has 0 bridgehead atoms. The molecule has 3 nitrogen and oxygen atoms in total. The van der Waals surface area contributed by atoms with E-state index in [1.165, 1.54) is 224 Å². The molecule has 0 atom stereocenters. The zero-order chi connectivity index (χ0) is 94.1. The smallest absolute Gasteiger partial charge is 0.136 e. The van der Waals surface area contributed by atoms with Crippen LogP contribution in [-0.2, 0) is 0 Å². The van der Waals surface area contributed by atoms with Crippen molar-refractivity contribution in [3.63, 3.8) is 0 Å². The third kappa shape index (κ3) is 13.8. The SMILES string of the molecule is c1cc(-c2cccc3ccccc23)cc(-c2c3ccccc3c(-c3ccc4oc5ccccc5c4c3)c3ccccc23)c1.c1ccc(-c2cc3ccccc3c3ccccc23)c(-c2c3ccccc3c(-c3cc(-c4cccc5ccccc45)cc4oc5ccccc5c34)c3ccccc23)c1.c1ccc2c(-c3ccc(-c4c5ccccc5c(-c5ccc6oc7ccccc7c6c5)c5ccccc45)cc3)cccc2c1. The van der Waals surface area contributed by atoms with Crippen molar-refractivity contribution in [1.82, 2.24) is 0 Å². The standard InChI is InChI=1S/C56H34O.2C42H26O/c1-3-19-38-35(16-1)18-15-30-40(38)37-33-51(56-49-29-13-14-31-52(49)57-53(56)34-37)55-47-27-11-9-25-45(47)54(46-26-10-12-28-48(46)55)44-24-8-7-23-43(44)50-32-36-17-2-4-20-39(36)41-21-5-6-22-42(41)50;1-2-15-31-27(11-1)12-10-21-32(31)28-13-9-14-29(25-28)41-34-17-3-5-19-36(34)42(37-20-6-4-18-35(37)41)30-23-24-40-38(26-30)33-16-7-8-22-39(33)43-40;1-2-12-31-27(10-1)11-9-18-32(31)28-20-22-29(23-21-28)41-34-14-3-5-16-36(34)42(37-17-6-4-15-35(37)41)30-24-25-40-38(26-30)33-13-7-8-19-39(33)43-40/h1-34H;2*1-26H. The summed E-state index contributed by atoms with van der Waals surface area (Å²) >= 11 is 0. The normalized spacial score (nSPS) is 11.8. The summed E-state index contributed by atoms with van der Waals surface area (Å²) in [4.78, 5) is 0. The minimum atomic E-state index is 0.891. The summed E-state index contributed by atoms with van der Waals surface area (Å²) in [6.45, 7) is 0. The Morgan fingerprint density at radius 3 is 0.839 bits per heavy atom. The molecule has 0 unspecified atom stereocenters. The molecule has 0 fully saturated rings. The molecular weight excluding hydrogens is 1730 g/mol. The molecule has 0 aliphatic heterocycles. The van der Waals surface area contributed by atoms with E-state index in [4.69, 9.17) is 13.3 Å². The van der Waals surface area contributed by atoms with E-state index < -0.39 is 0 Å². The van der Waals surface area contributed by atoms with Crippen molar-refractivity contribution in [2.45, 2.75) is 0 Å². The Hall–Kier alpha value is -18.8. The summed E-state index contributed by atoms with van der Waals surface area (Å²) in [6, 6.07) is 189. The molecular formula is C140H86O3. The van der Waals surface area contributed by atoms with Crippen LogP contribution in [0.4, 0.5) is 0 Å². The van der Waals surface area contributed by atoms with Crippen molar-refractivity contribution in [1.29, 1.82) is 0 Å². The first-order chi connectivity index (χ1) is 71.0. The second kappa shape index (κ2) is 34.1. The summed E-state index contributed by atoms with van der Waals surface area (Å²) in [5.41, 5.74) is 30.0. The van der Waals surface area contributed by atoms with Crippen LogP contribution in [-0.4, -0.2) is 0 Å². The van der Waals surface area contributed by atoms with Gasteiger partial charge in [0.15, 0.2) is 0 Å². The van der Waals surface area contributed by atoms with Gasteiger partial charge in [0.25, 0.3) is 0 Å². The largest absolute Gasteiger partial charge is 0.456 e. The number of hydrogen-bond donors (Lipinski definition) is 0. The first-order valence-electron chi connectivity index (χ1n) is 49.2. The molecule has 0 aliphatic rings. The van der Waals surface area contributed by atoms with Crippen LogP contribution in [0.5, 0.6) is 0 Å². The molecule has 30 rings (SSSR count). The second-order valence-corrected chi connectivity index (χ2v) is 37.6. The van der Waals surface area contributed by atoms with E-state index in [0.29, 0.717) is 0 Å². The summed E-state index contributed by atoms with van der Waals surface area (Å²) in [5.74, 6) is 0. The zero-order valence-electron chi connectivity index (χ0n) is 77.9. The third-order valence-electron chi connectivity index (χ3n) is 29.8. The van der Waals surface area contributed by atoms with Crippen molar-refractivity contribution in [2.75, 3.05) is 0 Å². The molecule has 0 N–H and O–H groups in total. The summed E-state index contributed by atoms with van der Waals surface area (Å²) in [5, 5.41) is 34.3. The first kappa shape index (κ1) is 82.5. The maximum absolute atomic E-state index is 6.74. The van der Waals surface area contributed by atoms with Gasteiger partial charge >= 0.3 is 0 Å². The Balaban J connectivity index is 0.000000106. The summed E-state index contributed by atoms with van der Waals surface area (Å²) in [7, 11) is 0. The van der Waals surface area contributed by atoms with Crippen LogP contribution in [0.25, 0.3) is 296 Å². The fraction of sp³-hybridized carbons (Fsp3) is 0. The summed E-state index contributed by atoms with van der Waals surface area (Å²) < 4.78 is 19.1. The van der Waals surface area contributed by atoms with Crippen molar-refractivity contribution in [3.05, 3.63) is 522 Å². The minimum absolute atomic E-state index is 0.891. The second-order valence-electron chi connectivity index (χ2n) is 37.6. The van der Waals surface area contributed by atoms with E-state index in [-0.39, 0.29) is 0 Å². The van der Waals surface area contributed by atoms with Gasteiger partial charge in [0.2, 0.25) is 0 Å². The number of furan rings is 3. The Morgan fingerprint density at radius 1 is 0.0979 bits per heavy atom. The predicted molar refractivity (Wildman–Crippen MR) is 608 cm³/mol. The van der Waals surface area contributed by atoms with E-state index in [9.17, 15) is 0 Å². The van der Waals surface area contributed by atoms with E-state index in [1.807, 2.05) is 24.3 Å². The van der Waals surface area contributed by atoms with Crippen molar-refractivity contribution in [3.8, 4) is 111 Å². The number of benzene rings is 27. The van der Waals surface area contributed by atoms with Crippen molar-refractivity contribution >= 4 is 184 Å². The molecule has 0 aliphatic carbocycles. The van der Waals surface area contributed by atoms with Crippen LogP contribution in [0.1, 0.15) is 0 Å². The average molecular weight is 1820 g/mol. The quantitative estimate of drug-likeness (QED) is 0.101. The Labute approximate surface area is 824 Å². The first-order valence-corrected chi connectivity index (χ1v) is 49.2. The maximum Gasteiger partial charge on any atom is 0.136 e. The lowest BCUT2D eigenvalue weighted by molar-refractivity contribution is 0.668. The molecule has 0 spiro atoms. The number of rotatable bonds is 10. The molecule has 664 valence electrons. The molecule has 3 aromatic heterocycles. The van der Waals surface area contributed by atoms with Gasteiger partial charge in [0.1, 0.15) is 33.5 Å². The molecule has 30 aromatic rings. The van der Waals surface area contributed by atoms with Gasteiger partial charge in [-0.3, -0.25) is 0 Å². The molecule has 0 radical (unpaired) electrons. The Morgan fingerprint density at radius 2 is 0.378 bits per heavy atom. The van der Waals surface area contributed by atoms with Gasteiger partial charge in [-0.15, -0.1) is 0 Å². The highest BCUT2D eigenvalue weighted by Crippen LogP contribution is 2.54. The van der Waals surface area contributed by atoms with Gasteiger partial charge < -0.3 is 13.3 Å². The molecule has 3 heteroatoms. The monoisotopic (exact) mass is 1810 g/mol. The van der Waals surface area contributed by atoms with Crippen LogP contribution in [0.2, 0.25) is 0 Å². The van der Waals surface area contributed by atoms with Gasteiger partial charge in [-0.05, 0) is 296 Å². The Kier molecular flexibility index (Phi) is 19.7. The fourth-order valence-corrected chi connectivity index (χ4v) is 23.5. The molecule has 0 saturated carbocycles. The van der Waals surface area contributed by atoms with Crippen LogP contribution in [0.3, 0.4) is 0 Å². The third-order valence-corrected chi connectivity index (χ3v) is 29.8. The molecule has 0 amide bonds. The van der Waals surface area contributed by atoms with Gasteiger partial charge in [-0.2, -0.15) is 0 Å². The van der Waals surface area contributed by atoms with Gasteiger partial charge in [0.05, 0.1) is 0 Å². The molecule has 3 heterocycles. The topological polar surface area (TPSA) is 39.4 Å². The van der Waals surface area contributed by atoms with Gasteiger partial charge in [0, 0.05) is 32.3 Å². The number of fused-ring (bicyclic) bond motifs is 21. The van der Waals surface area contributed by atoms with Crippen LogP contribution >= 0.6 is 0 Å². The van der Waals surface area contributed by atoms with Crippen molar-refractivity contribution in [2.24, 2.45) is 0 Å². The highest BCUT2D eigenvalue weighted by molar-refractivity contribution is 6.30. The minimum Gasteiger partial charge on any atom is -0.456 e. The maximum atomic E-state index is 6.74. The predicted octanol–water partition coefficient (Wildman–Crippen LogP) is 40.1. The van der Waals surface area contributed by atoms with E-state index in [0.717, 1.165) is 71.4 Å². The zero-order valence-corrected chi connectivity index (χ0v) is 77.9. The molecule has 143 heavy (non-hydrogen) atoms. The molecule has 27 aromatic carbocycles. The number of hydrogen-bond acceptors (Lipinski definition) is 3. The average Bonchev–Trinajstić information content (AvgIpc) is 1.70. The molecule has 0 saturated heterocycles. The van der Waals surface area contributed by atoms with E-state index in [2.05, 4.69) is 497 Å². The van der Waals surface area contributed by atoms with E-state index >= 15 is 0 Å². The highest BCUT2D eigenvalue weighted by Gasteiger charge is 2.27. The lowest BCUT2D eigenvalue weighted by Crippen LogP contribution is -1.94. The van der Waals surface area contributed by atoms with Gasteiger partial charge in [-0.1, -0.05) is 455 Å². The number of para-hydroxylation sites is 3. The van der Waals surface area contributed by atoms with E-state index in [1.54, 1.807) is 0 Å².